The Morgan fingerprint density at radius 2 is 1.76 bits per heavy atom. The molecule has 17 heavy (non-hydrogen) atoms. The SMILES string of the molecule is CC(C)NC(=O)CCNC(=O)C(CN)C(C)C. The van der Waals surface area contributed by atoms with Crippen LogP contribution in [0.15, 0.2) is 0 Å². The molecule has 0 bridgehead atoms. The van der Waals surface area contributed by atoms with Crippen LogP contribution in [-0.2, 0) is 9.59 Å². The van der Waals surface area contributed by atoms with Gasteiger partial charge in [-0.2, -0.15) is 0 Å². The van der Waals surface area contributed by atoms with Crippen LogP contribution in [0.25, 0.3) is 0 Å². The van der Waals surface area contributed by atoms with E-state index in [1.54, 1.807) is 0 Å². The number of rotatable bonds is 7. The van der Waals surface area contributed by atoms with Gasteiger partial charge in [0, 0.05) is 25.6 Å². The molecular weight excluding hydrogens is 218 g/mol. The molecule has 0 aromatic rings. The normalized spacial score (nSPS) is 12.6. The van der Waals surface area contributed by atoms with E-state index in [1.807, 2.05) is 27.7 Å². The third-order valence-corrected chi connectivity index (χ3v) is 2.50. The van der Waals surface area contributed by atoms with Crippen molar-refractivity contribution < 1.29 is 9.59 Å². The fourth-order valence-electron chi connectivity index (χ4n) is 1.51. The summed E-state index contributed by atoms with van der Waals surface area (Å²) in [7, 11) is 0. The Kier molecular flexibility index (Phi) is 7.54. The molecule has 100 valence electrons. The molecule has 0 spiro atoms. The van der Waals surface area contributed by atoms with Crippen LogP contribution in [-0.4, -0.2) is 30.9 Å². The maximum atomic E-state index is 11.7. The van der Waals surface area contributed by atoms with Gasteiger partial charge in [0.05, 0.1) is 5.92 Å². The Balaban J connectivity index is 3.88. The van der Waals surface area contributed by atoms with E-state index in [9.17, 15) is 9.59 Å². The predicted molar refractivity (Wildman–Crippen MR) is 68.3 cm³/mol. The van der Waals surface area contributed by atoms with E-state index in [1.165, 1.54) is 0 Å². The topological polar surface area (TPSA) is 84.2 Å². The first-order valence-corrected chi connectivity index (χ1v) is 6.15. The first-order valence-electron chi connectivity index (χ1n) is 6.15. The second-order valence-electron chi connectivity index (χ2n) is 4.85. The van der Waals surface area contributed by atoms with Crippen molar-refractivity contribution in [2.45, 2.75) is 40.2 Å². The quantitative estimate of drug-likeness (QED) is 0.599. The Labute approximate surface area is 104 Å². The molecule has 0 aromatic carbocycles. The lowest BCUT2D eigenvalue weighted by Gasteiger charge is -2.18. The van der Waals surface area contributed by atoms with Crippen LogP contribution < -0.4 is 16.4 Å². The van der Waals surface area contributed by atoms with Gasteiger partial charge in [0.25, 0.3) is 0 Å². The van der Waals surface area contributed by atoms with Crippen LogP contribution in [0, 0.1) is 11.8 Å². The molecule has 0 rings (SSSR count). The summed E-state index contributed by atoms with van der Waals surface area (Å²) >= 11 is 0. The number of hydrogen-bond donors (Lipinski definition) is 3. The monoisotopic (exact) mass is 243 g/mol. The summed E-state index contributed by atoms with van der Waals surface area (Å²) < 4.78 is 0. The van der Waals surface area contributed by atoms with Crippen LogP contribution in [0.2, 0.25) is 0 Å². The van der Waals surface area contributed by atoms with Crippen molar-refractivity contribution in [1.29, 1.82) is 0 Å². The van der Waals surface area contributed by atoms with Crippen LogP contribution in [0.1, 0.15) is 34.1 Å². The molecule has 0 aliphatic carbocycles. The predicted octanol–water partition coefficient (Wildman–Crippen LogP) is 0.248. The van der Waals surface area contributed by atoms with Crippen LogP contribution in [0.5, 0.6) is 0 Å². The van der Waals surface area contributed by atoms with Crippen molar-refractivity contribution in [3.63, 3.8) is 0 Å². The van der Waals surface area contributed by atoms with Crippen molar-refractivity contribution in [2.24, 2.45) is 17.6 Å². The summed E-state index contributed by atoms with van der Waals surface area (Å²) in [6.45, 7) is 8.42. The summed E-state index contributed by atoms with van der Waals surface area (Å²) in [5.41, 5.74) is 5.53. The van der Waals surface area contributed by atoms with E-state index in [0.29, 0.717) is 19.5 Å². The summed E-state index contributed by atoms with van der Waals surface area (Å²) in [5.74, 6) is -0.0818. The zero-order chi connectivity index (χ0) is 13.4. The van der Waals surface area contributed by atoms with Gasteiger partial charge in [0.15, 0.2) is 0 Å². The molecule has 0 saturated heterocycles. The molecule has 5 heteroatoms. The molecule has 0 heterocycles. The average molecular weight is 243 g/mol. The van der Waals surface area contributed by atoms with E-state index >= 15 is 0 Å². The Hall–Kier alpha value is -1.10. The highest BCUT2D eigenvalue weighted by molar-refractivity contribution is 5.80. The minimum atomic E-state index is -0.178. The van der Waals surface area contributed by atoms with Crippen LogP contribution >= 0.6 is 0 Å². The van der Waals surface area contributed by atoms with Crippen molar-refractivity contribution >= 4 is 11.8 Å². The maximum Gasteiger partial charge on any atom is 0.224 e. The van der Waals surface area contributed by atoms with E-state index < -0.39 is 0 Å². The molecule has 4 N–H and O–H groups in total. The minimum Gasteiger partial charge on any atom is -0.355 e. The summed E-state index contributed by atoms with van der Waals surface area (Å²) in [6.07, 6.45) is 0.305. The number of carbonyl (C=O) groups excluding carboxylic acids is 2. The Bertz CT molecular complexity index is 252. The van der Waals surface area contributed by atoms with Gasteiger partial charge in [-0.3, -0.25) is 9.59 Å². The van der Waals surface area contributed by atoms with Crippen molar-refractivity contribution in [3.05, 3.63) is 0 Å². The first-order chi connectivity index (χ1) is 7.88. The standard InChI is InChI=1S/C12H25N3O2/c1-8(2)10(7-13)12(17)14-6-5-11(16)15-9(3)4/h8-10H,5-7,13H2,1-4H3,(H,14,17)(H,15,16). The number of hydrogen-bond acceptors (Lipinski definition) is 3. The summed E-state index contributed by atoms with van der Waals surface area (Å²) in [6, 6.07) is 0.130. The lowest BCUT2D eigenvalue weighted by atomic mass is 9.95. The van der Waals surface area contributed by atoms with Crippen molar-refractivity contribution in [1.82, 2.24) is 10.6 Å². The minimum absolute atomic E-state index is 0.0471. The zero-order valence-corrected chi connectivity index (χ0v) is 11.2. The lowest BCUT2D eigenvalue weighted by Crippen LogP contribution is -2.40. The lowest BCUT2D eigenvalue weighted by molar-refractivity contribution is -0.126. The second kappa shape index (κ2) is 8.06. The van der Waals surface area contributed by atoms with Gasteiger partial charge in [0.1, 0.15) is 0 Å². The largest absolute Gasteiger partial charge is 0.355 e. The third-order valence-electron chi connectivity index (χ3n) is 2.50. The van der Waals surface area contributed by atoms with Crippen LogP contribution in [0.3, 0.4) is 0 Å². The van der Waals surface area contributed by atoms with Gasteiger partial charge in [-0.05, 0) is 19.8 Å². The highest BCUT2D eigenvalue weighted by Crippen LogP contribution is 2.08. The third kappa shape index (κ3) is 6.94. The Morgan fingerprint density at radius 3 is 2.18 bits per heavy atom. The number of amides is 2. The second-order valence-corrected chi connectivity index (χ2v) is 4.85. The fourth-order valence-corrected chi connectivity index (χ4v) is 1.51. The zero-order valence-electron chi connectivity index (χ0n) is 11.2. The highest BCUT2D eigenvalue weighted by atomic mass is 16.2. The molecule has 1 unspecified atom stereocenters. The van der Waals surface area contributed by atoms with Crippen molar-refractivity contribution in [3.8, 4) is 0 Å². The smallest absolute Gasteiger partial charge is 0.224 e. The number of nitrogens with one attached hydrogen (secondary N) is 2. The number of carbonyl (C=O) groups is 2. The number of nitrogens with two attached hydrogens (primary N) is 1. The van der Waals surface area contributed by atoms with Gasteiger partial charge in [-0.1, -0.05) is 13.8 Å². The molecule has 0 aliphatic rings. The van der Waals surface area contributed by atoms with Crippen LogP contribution in [0.4, 0.5) is 0 Å². The molecule has 2 amide bonds. The molecule has 0 fully saturated rings. The molecule has 5 nitrogen and oxygen atoms in total. The summed E-state index contributed by atoms with van der Waals surface area (Å²) in [5, 5.41) is 5.51. The van der Waals surface area contributed by atoms with E-state index in [0.717, 1.165) is 0 Å². The first kappa shape index (κ1) is 15.9. The van der Waals surface area contributed by atoms with Gasteiger partial charge in [-0.15, -0.1) is 0 Å². The van der Waals surface area contributed by atoms with Gasteiger partial charge in [-0.25, -0.2) is 0 Å². The van der Waals surface area contributed by atoms with Crippen molar-refractivity contribution in [2.75, 3.05) is 13.1 Å². The Morgan fingerprint density at radius 1 is 1.18 bits per heavy atom. The fraction of sp³-hybridized carbons (Fsp3) is 0.833. The molecule has 0 aromatic heterocycles. The maximum absolute atomic E-state index is 11.7. The van der Waals surface area contributed by atoms with Gasteiger partial charge in [0.2, 0.25) is 11.8 Å². The van der Waals surface area contributed by atoms with E-state index in [-0.39, 0.29) is 29.7 Å². The van der Waals surface area contributed by atoms with E-state index in [4.69, 9.17) is 5.73 Å². The molecule has 0 radical (unpaired) electrons. The van der Waals surface area contributed by atoms with Gasteiger partial charge >= 0.3 is 0 Å². The summed E-state index contributed by atoms with van der Waals surface area (Å²) in [4.78, 5) is 23.0. The average Bonchev–Trinajstić information content (AvgIpc) is 2.16. The van der Waals surface area contributed by atoms with Gasteiger partial charge < -0.3 is 16.4 Å². The molecular formula is C12H25N3O2. The molecule has 0 saturated carbocycles. The van der Waals surface area contributed by atoms with E-state index in [2.05, 4.69) is 10.6 Å². The molecule has 0 aliphatic heterocycles. The highest BCUT2D eigenvalue weighted by Gasteiger charge is 2.19. The molecule has 1 atom stereocenters.